The van der Waals surface area contributed by atoms with Gasteiger partial charge >= 0.3 is 0 Å². The average Bonchev–Trinajstić information content (AvgIpc) is 2.40. The van der Waals surface area contributed by atoms with Gasteiger partial charge in [0.05, 0.1) is 0 Å². The molecule has 0 bridgehead atoms. The lowest BCUT2D eigenvalue weighted by Crippen LogP contribution is -2.11. The van der Waals surface area contributed by atoms with E-state index in [2.05, 4.69) is 15.9 Å². The highest BCUT2D eigenvalue weighted by Gasteiger charge is 2.08. The van der Waals surface area contributed by atoms with Crippen molar-refractivity contribution in [1.82, 2.24) is 0 Å². The molecule has 0 heterocycles. The molecule has 0 saturated heterocycles. The zero-order valence-electron chi connectivity index (χ0n) is 10.2. The summed E-state index contributed by atoms with van der Waals surface area (Å²) in [6.07, 6.45) is 0. The molecule has 20 heavy (non-hydrogen) atoms. The maximum atomic E-state index is 13.5. The second-order valence-electron chi connectivity index (χ2n) is 4.03. The summed E-state index contributed by atoms with van der Waals surface area (Å²) < 4.78 is 19.6. The van der Waals surface area contributed by atoms with Gasteiger partial charge in [0.2, 0.25) is 5.91 Å². The van der Waals surface area contributed by atoms with Crippen molar-refractivity contribution in [1.29, 1.82) is 0 Å². The summed E-state index contributed by atoms with van der Waals surface area (Å²) >= 11 is 9.26. The third kappa shape index (κ3) is 3.49. The van der Waals surface area contributed by atoms with E-state index in [-0.39, 0.29) is 12.4 Å². The van der Waals surface area contributed by atoms with Crippen molar-refractivity contribution >= 4 is 33.4 Å². The molecular weight excluding hydrogens is 349 g/mol. The molecule has 6 heteroatoms. The van der Waals surface area contributed by atoms with E-state index in [9.17, 15) is 9.18 Å². The van der Waals surface area contributed by atoms with Crippen LogP contribution in [0.2, 0.25) is 5.02 Å². The Morgan fingerprint density at radius 3 is 2.70 bits per heavy atom. The summed E-state index contributed by atoms with van der Waals surface area (Å²) in [6, 6.07) is 9.04. The molecule has 0 aromatic heterocycles. The fraction of sp³-hybridized carbons (Fsp3) is 0.0714. The van der Waals surface area contributed by atoms with E-state index in [1.807, 2.05) is 0 Å². The van der Waals surface area contributed by atoms with Crippen LogP contribution in [0.4, 0.5) is 4.39 Å². The highest BCUT2D eigenvalue weighted by molar-refractivity contribution is 9.10. The smallest absolute Gasteiger partial charge is 0.248 e. The summed E-state index contributed by atoms with van der Waals surface area (Å²) in [4.78, 5) is 11.0. The van der Waals surface area contributed by atoms with Crippen LogP contribution in [0.5, 0.6) is 5.75 Å². The number of carbonyl (C=O) groups excluding carboxylic acids is 1. The largest absolute Gasteiger partial charge is 0.486 e. The topological polar surface area (TPSA) is 52.3 Å². The number of hydrogen-bond donors (Lipinski definition) is 1. The number of carbonyl (C=O) groups is 1. The first kappa shape index (κ1) is 14.8. The number of ether oxygens (including phenoxy) is 1. The second kappa shape index (κ2) is 6.24. The van der Waals surface area contributed by atoms with Crippen LogP contribution in [-0.2, 0) is 6.61 Å². The van der Waals surface area contributed by atoms with Gasteiger partial charge in [0.25, 0.3) is 0 Å². The van der Waals surface area contributed by atoms with Crippen molar-refractivity contribution in [3.05, 3.63) is 62.8 Å². The normalized spacial score (nSPS) is 10.3. The number of benzene rings is 2. The van der Waals surface area contributed by atoms with E-state index in [0.29, 0.717) is 20.6 Å². The standard InChI is InChI=1S/C14H10BrClFNO2/c15-10-3-4-12(17)13(6-10)20-7-9-2-1-8(14(18)19)5-11(9)16/h1-6H,7H2,(H2,18,19). The van der Waals surface area contributed by atoms with Gasteiger partial charge in [0.15, 0.2) is 11.6 Å². The van der Waals surface area contributed by atoms with Crippen LogP contribution in [-0.4, -0.2) is 5.91 Å². The highest BCUT2D eigenvalue weighted by atomic mass is 79.9. The molecule has 0 fully saturated rings. The molecule has 0 atom stereocenters. The SMILES string of the molecule is NC(=O)c1ccc(COc2cc(Br)ccc2F)c(Cl)c1. The van der Waals surface area contributed by atoms with Crippen LogP contribution >= 0.6 is 27.5 Å². The van der Waals surface area contributed by atoms with Crippen molar-refractivity contribution in [3.63, 3.8) is 0 Å². The first-order valence-electron chi connectivity index (χ1n) is 5.63. The van der Waals surface area contributed by atoms with Gasteiger partial charge < -0.3 is 10.5 Å². The molecule has 0 aliphatic rings. The summed E-state index contributed by atoms with van der Waals surface area (Å²) in [7, 11) is 0. The quantitative estimate of drug-likeness (QED) is 0.900. The molecule has 0 radical (unpaired) electrons. The van der Waals surface area contributed by atoms with E-state index < -0.39 is 11.7 Å². The lowest BCUT2D eigenvalue weighted by molar-refractivity contribution is 0.1000. The molecular formula is C14H10BrClFNO2. The summed E-state index contributed by atoms with van der Waals surface area (Å²) in [5.74, 6) is -0.898. The fourth-order valence-corrected chi connectivity index (χ4v) is 2.14. The van der Waals surface area contributed by atoms with Crippen LogP contribution in [0.15, 0.2) is 40.9 Å². The van der Waals surface area contributed by atoms with Crippen molar-refractivity contribution in [2.45, 2.75) is 6.61 Å². The molecule has 0 unspecified atom stereocenters. The molecule has 0 saturated carbocycles. The average molecular weight is 359 g/mol. The van der Waals surface area contributed by atoms with Crippen LogP contribution < -0.4 is 10.5 Å². The Balaban J connectivity index is 2.15. The number of nitrogens with two attached hydrogens (primary N) is 1. The Morgan fingerprint density at radius 1 is 1.30 bits per heavy atom. The molecule has 2 N–H and O–H groups in total. The van der Waals surface area contributed by atoms with Crippen molar-refractivity contribution in [3.8, 4) is 5.75 Å². The van der Waals surface area contributed by atoms with Gasteiger partial charge in [-0.3, -0.25) is 4.79 Å². The summed E-state index contributed by atoms with van der Waals surface area (Å²) in [5, 5.41) is 0.344. The van der Waals surface area contributed by atoms with Gasteiger partial charge in [0, 0.05) is 20.6 Å². The zero-order chi connectivity index (χ0) is 14.7. The van der Waals surface area contributed by atoms with Gasteiger partial charge in [-0.25, -0.2) is 4.39 Å². The highest BCUT2D eigenvalue weighted by Crippen LogP contribution is 2.25. The Labute approximate surface area is 128 Å². The van der Waals surface area contributed by atoms with E-state index in [1.165, 1.54) is 18.2 Å². The molecule has 3 nitrogen and oxygen atoms in total. The van der Waals surface area contributed by atoms with Gasteiger partial charge in [-0.15, -0.1) is 0 Å². The van der Waals surface area contributed by atoms with Gasteiger partial charge in [-0.1, -0.05) is 33.6 Å². The lowest BCUT2D eigenvalue weighted by Gasteiger charge is -2.09. The maximum absolute atomic E-state index is 13.5. The number of hydrogen-bond acceptors (Lipinski definition) is 2. The molecule has 2 aromatic rings. The first-order valence-corrected chi connectivity index (χ1v) is 6.80. The van der Waals surface area contributed by atoms with Crippen LogP contribution in [0.1, 0.15) is 15.9 Å². The van der Waals surface area contributed by atoms with Crippen LogP contribution in [0.3, 0.4) is 0 Å². The van der Waals surface area contributed by atoms with Crippen molar-refractivity contribution in [2.24, 2.45) is 5.73 Å². The first-order chi connectivity index (χ1) is 9.47. The van der Waals surface area contributed by atoms with E-state index >= 15 is 0 Å². The third-order valence-electron chi connectivity index (χ3n) is 2.61. The number of amides is 1. The van der Waals surface area contributed by atoms with Crippen LogP contribution in [0.25, 0.3) is 0 Å². The predicted octanol–water partition coefficient (Wildman–Crippen LogP) is 3.92. The zero-order valence-corrected chi connectivity index (χ0v) is 12.5. The molecule has 0 aliphatic heterocycles. The number of rotatable bonds is 4. The molecule has 2 aromatic carbocycles. The van der Waals surface area contributed by atoms with E-state index in [4.69, 9.17) is 22.1 Å². The van der Waals surface area contributed by atoms with Gasteiger partial charge in [-0.05, 0) is 30.3 Å². The lowest BCUT2D eigenvalue weighted by atomic mass is 10.1. The van der Waals surface area contributed by atoms with Crippen molar-refractivity contribution in [2.75, 3.05) is 0 Å². The Hall–Kier alpha value is -1.59. The summed E-state index contributed by atoms with van der Waals surface area (Å²) in [5.41, 5.74) is 6.10. The molecule has 0 aliphatic carbocycles. The maximum Gasteiger partial charge on any atom is 0.248 e. The number of primary amides is 1. The Kier molecular flexibility index (Phi) is 4.62. The molecule has 0 spiro atoms. The van der Waals surface area contributed by atoms with Gasteiger partial charge in [0.1, 0.15) is 6.61 Å². The number of halogens is 3. The minimum Gasteiger partial charge on any atom is -0.486 e. The monoisotopic (exact) mass is 357 g/mol. The molecule has 2 rings (SSSR count). The molecule has 104 valence electrons. The second-order valence-corrected chi connectivity index (χ2v) is 5.36. The van der Waals surface area contributed by atoms with Crippen LogP contribution in [0, 0.1) is 5.82 Å². The minimum atomic E-state index is -0.558. The third-order valence-corrected chi connectivity index (χ3v) is 3.46. The predicted molar refractivity (Wildman–Crippen MR) is 78.4 cm³/mol. The Morgan fingerprint density at radius 2 is 2.05 bits per heavy atom. The summed E-state index contributed by atoms with van der Waals surface area (Å²) in [6.45, 7) is 0.0885. The molecule has 1 amide bonds. The van der Waals surface area contributed by atoms with E-state index in [0.717, 1.165) is 0 Å². The van der Waals surface area contributed by atoms with Crippen molar-refractivity contribution < 1.29 is 13.9 Å². The Bertz CT molecular complexity index is 664. The van der Waals surface area contributed by atoms with Gasteiger partial charge in [-0.2, -0.15) is 0 Å². The van der Waals surface area contributed by atoms with E-state index in [1.54, 1.807) is 18.2 Å². The fourth-order valence-electron chi connectivity index (χ4n) is 1.56. The minimum absolute atomic E-state index is 0.0885.